The zero-order chi connectivity index (χ0) is 9.40. The summed E-state index contributed by atoms with van der Waals surface area (Å²) in [6.45, 7) is 4.10. The zero-order valence-electron chi connectivity index (χ0n) is 7.87. The second kappa shape index (κ2) is 6.75. The molecule has 0 amide bonds. The van der Waals surface area contributed by atoms with Crippen LogP contribution in [0.15, 0.2) is 12.3 Å². The molecule has 1 N–H and O–H groups in total. The standard InChI is InChI=1S/C10H16O2/c1-9(2)8-10(11)6-4-5-7-12-3/h5,7,9-11H,8H2,1-3H3. The fraction of sp³-hybridized carbons (Fsp3) is 0.600. The molecule has 2 nitrogen and oxygen atoms in total. The Kier molecular flexibility index (Phi) is 6.22. The smallest absolute Gasteiger partial charge is 0.115 e. The fourth-order valence-corrected chi connectivity index (χ4v) is 0.752. The quantitative estimate of drug-likeness (QED) is 0.512. The number of aliphatic hydroxyl groups is 1. The van der Waals surface area contributed by atoms with E-state index in [0.717, 1.165) is 0 Å². The zero-order valence-corrected chi connectivity index (χ0v) is 7.87. The Balaban J connectivity index is 3.71. The second-order valence-corrected chi connectivity index (χ2v) is 2.97. The van der Waals surface area contributed by atoms with Crippen LogP contribution in [0.25, 0.3) is 0 Å². The predicted octanol–water partition coefficient (Wildman–Crippen LogP) is 1.56. The first-order valence-corrected chi connectivity index (χ1v) is 4.03. The largest absolute Gasteiger partial charge is 0.504 e. The molecule has 12 heavy (non-hydrogen) atoms. The maximum absolute atomic E-state index is 9.27. The average Bonchev–Trinajstić information content (AvgIpc) is 1.97. The first-order chi connectivity index (χ1) is 5.66. The molecule has 0 aliphatic heterocycles. The molecule has 0 aromatic carbocycles. The normalized spacial score (nSPS) is 12.8. The number of hydrogen-bond donors (Lipinski definition) is 1. The van der Waals surface area contributed by atoms with Gasteiger partial charge in [0.1, 0.15) is 6.10 Å². The lowest BCUT2D eigenvalue weighted by molar-refractivity contribution is 0.204. The number of rotatable bonds is 3. The summed E-state index contributed by atoms with van der Waals surface area (Å²) in [4.78, 5) is 0. The first-order valence-electron chi connectivity index (χ1n) is 4.03. The molecule has 0 radical (unpaired) electrons. The fourth-order valence-electron chi connectivity index (χ4n) is 0.752. The van der Waals surface area contributed by atoms with Crippen molar-refractivity contribution in [2.45, 2.75) is 26.4 Å². The van der Waals surface area contributed by atoms with Crippen LogP contribution in [0.4, 0.5) is 0 Å². The lowest BCUT2D eigenvalue weighted by Crippen LogP contribution is -2.06. The Morgan fingerprint density at radius 3 is 2.67 bits per heavy atom. The van der Waals surface area contributed by atoms with Crippen molar-refractivity contribution in [3.63, 3.8) is 0 Å². The van der Waals surface area contributed by atoms with Gasteiger partial charge in [-0.1, -0.05) is 25.7 Å². The van der Waals surface area contributed by atoms with E-state index in [2.05, 4.69) is 30.4 Å². The van der Waals surface area contributed by atoms with Crippen LogP contribution in [0.1, 0.15) is 20.3 Å². The molecule has 2 heteroatoms. The van der Waals surface area contributed by atoms with Gasteiger partial charge in [0.25, 0.3) is 0 Å². The van der Waals surface area contributed by atoms with Gasteiger partial charge in [0.2, 0.25) is 0 Å². The minimum atomic E-state index is -0.522. The predicted molar refractivity (Wildman–Crippen MR) is 49.4 cm³/mol. The molecular formula is C10H16O2. The van der Waals surface area contributed by atoms with E-state index in [1.165, 1.54) is 6.26 Å². The number of hydrogen-bond acceptors (Lipinski definition) is 2. The Labute approximate surface area is 74.2 Å². The number of allylic oxidation sites excluding steroid dienone is 1. The van der Waals surface area contributed by atoms with Crippen LogP contribution in [0.3, 0.4) is 0 Å². The minimum Gasteiger partial charge on any atom is -0.504 e. The van der Waals surface area contributed by atoms with E-state index in [4.69, 9.17) is 0 Å². The molecule has 0 saturated carbocycles. The van der Waals surface area contributed by atoms with E-state index in [9.17, 15) is 5.11 Å². The molecule has 68 valence electrons. The van der Waals surface area contributed by atoms with Crippen LogP contribution in [0.5, 0.6) is 0 Å². The van der Waals surface area contributed by atoms with Gasteiger partial charge >= 0.3 is 0 Å². The van der Waals surface area contributed by atoms with Crippen molar-refractivity contribution in [3.05, 3.63) is 12.3 Å². The highest BCUT2D eigenvalue weighted by Crippen LogP contribution is 2.02. The van der Waals surface area contributed by atoms with Gasteiger partial charge in [-0.15, -0.1) is 0 Å². The minimum absolute atomic E-state index is 0.473. The summed E-state index contributed by atoms with van der Waals surface area (Å²) in [6, 6.07) is 0. The molecule has 1 unspecified atom stereocenters. The Morgan fingerprint density at radius 2 is 2.17 bits per heavy atom. The van der Waals surface area contributed by atoms with Crippen molar-refractivity contribution >= 4 is 0 Å². The third kappa shape index (κ3) is 7.17. The SMILES string of the molecule is COC=CC#CC(O)CC(C)C. The van der Waals surface area contributed by atoms with Crippen LogP contribution in [-0.4, -0.2) is 18.3 Å². The highest BCUT2D eigenvalue weighted by Gasteiger charge is 2.01. The van der Waals surface area contributed by atoms with Crippen LogP contribution in [-0.2, 0) is 4.74 Å². The van der Waals surface area contributed by atoms with Crippen molar-refractivity contribution < 1.29 is 9.84 Å². The van der Waals surface area contributed by atoms with Crippen molar-refractivity contribution in [2.75, 3.05) is 7.11 Å². The highest BCUT2D eigenvalue weighted by molar-refractivity contribution is 5.16. The maximum Gasteiger partial charge on any atom is 0.115 e. The number of methoxy groups -OCH3 is 1. The van der Waals surface area contributed by atoms with Gasteiger partial charge < -0.3 is 9.84 Å². The van der Waals surface area contributed by atoms with Gasteiger partial charge in [0.05, 0.1) is 13.4 Å². The van der Waals surface area contributed by atoms with Gasteiger partial charge in [-0.25, -0.2) is 0 Å². The first kappa shape index (κ1) is 11.1. The summed E-state index contributed by atoms with van der Waals surface area (Å²) >= 11 is 0. The van der Waals surface area contributed by atoms with Crippen molar-refractivity contribution in [3.8, 4) is 11.8 Å². The molecular weight excluding hydrogens is 152 g/mol. The van der Waals surface area contributed by atoms with E-state index >= 15 is 0 Å². The highest BCUT2D eigenvalue weighted by atomic mass is 16.5. The molecule has 1 atom stereocenters. The molecule has 0 aliphatic carbocycles. The number of aliphatic hydroxyl groups excluding tert-OH is 1. The summed E-state index contributed by atoms with van der Waals surface area (Å²) in [5.41, 5.74) is 0. The van der Waals surface area contributed by atoms with E-state index in [1.807, 2.05) is 0 Å². The third-order valence-corrected chi connectivity index (χ3v) is 1.23. The lowest BCUT2D eigenvalue weighted by atomic mass is 10.1. The van der Waals surface area contributed by atoms with Gasteiger partial charge in [0, 0.05) is 6.08 Å². The second-order valence-electron chi connectivity index (χ2n) is 2.97. The summed E-state index contributed by atoms with van der Waals surface area (Å²) in [7, 11) is 1.56. The monoisotopic (exact) mass is 168 g/mol. The molecule has 0 aromatic rings. The van der Waals surface area contributed by atoms with E-state index in [-0.39, 0.29) is 0 Å². The Bertz CT molecular complexity index is 184. The summed E-state index contributed by atoms with van der Waals surface area (Å²) in [6.07, 6.45) is 3.25. The van der Waals surface area contributed by atoms with Crippen LogP contribution in [0, 0.1) is 17.8 Å². The van der Waals surface area contributed by atoms with Gasteiger partial charge in [-0.2, -0.15) is 0 Å². The van der Waals surface area contributed by atoms with Crippen LogP contribution in [0.2, 0.25) is 0 Å². The van der Waals surface area contributed by atoms with Crippen LogP contribution < -0.4 is 0 Å². The van der Waals surface area contributed by atoms with Crippen LogP contribution >= 0.6 is 0 Å². The maximum atomic E-state index is 9.27. The van der Waals surface area contributed by atoms with Crippen molar-refractivity contribution in [1.82, 2.24) is 0 Å². The van der Waals surface area contributed by atoms with Crippen molar-refractivity contribution in [1.29, 1.82) is 0 Å². The summed E-state index contributed by atoms with van der Waals surface area (Å²) in [5.74, 6) is 5.85. The Hall–Kier alpha value is -0.940. The third-order valence-electron chi connectivity index (χ3n) is 1.23. The van der Waals surface area contributed by atoms with Gasteiger partial charge in [-0.05, 0) is 12.3 Å². The van der Waals surface area contributed by atoms with E-state index < -0.39 is 6.10 Å². The number of ether oxygens (including phenoxy) is 1. The summed E-state index contributed by atoms with van der Waals surface area (Å²) in [5, 5.41) is 9.27. The molecule has 0 aliphatic rings. The molecule has 0 spiro atoms. The summed E-state index contributed by atoms with van der Waals surface area (Å²) < 4.78 is 4.64. The average molecular weight is 168 g/mol. The molecule has 0 bridgehead atoms. The molecule has 0 heterocycles. The van der Waals surface area contributed by atoms with E-state index in [0.29, 0.717) is 12.3 Å². The lowest BCUT2D eigenvalue weighted by Gasteiger charge is -2.04. The molecule has 0 aromatic heterocycles. The molecule has 0 saturated heterocycles. The molecule has 0 fully saturated rings. The molecule has 0 rings (SSSR count). The topological polar surface area (TPSA) is 29.5 Å². The van der Waals surface area contributed by atoms with Gasteiger partial charge in [-0.3, -0.25) is 0 Å². The Morgan fingerprint density at radius 1 is 1.50 bits per heavy atom. The van der Waals surface area contributed by atoms with Gasteiger partial charge in [0.15, 0.2) is 0 Å². The van der Waals surface area contributed by atoms with Crippen molar-refractivity contribution in [2.24, 2.45) is 5.92 Å². The van der Waals surface area contributed by atoms with E-state index in [1.54, 1.807) is 13.2 Å².